The summed E-state index contributed by atoms with van der Waals surface area (Å²) in [6.07, 6.45) is 3.51. The minimum Gasteiger partial charge on any atom is -0.354 e. The average Bonchev–Trinajstić information content (AvgIpc) is 2.82. The molecule has 0 bridgehead atoms. The summed E-state index contributed by atoms with van der Waals surface area (Å²) in [5.74, 6) is -0.357. The minimum absolute atomic E-state index is 0.134. The van der Waals surface area contributed by atoms with E-state index in [1.54, 1.807) is 17.9 Å². The predicted octanol–water partition coefficient (Wildman–Crippen LogP) is 4.49. The van der Waals surface area contributed by atoms with Gasteiger partial charge in [-0.2, -0.15) is 0 Å². The molecule has 1 N–H and O–H groups in total. The van der Waals surface area contributed by atoms with Crippen LogP contribution < -0.4 is 9.62 Å². The van der Waals surface area contributed by atoms with Crippen molar-refractivity contribution in [3.63, 3.8) is 0 Å². The van der Waals surface area contributed by atoms with Crippen molar-refractivity contribution >= 4 is 27.5 Å². The van der Waals surface area contributed by atoms with Crippen LogP contribution in [0, 0.1) is 20.8 Å². The summed E-state index contributed by atoms with van der Waals surface area (Å²) >= 11 is 0. The molecule has 0 aliphatic rings. The van der Waals surface area contributed by atoms with Gasteiger partial charge in [0.2, 0.25) is 21.8 Å². The van der Waals surface area contributed by atoms with Crippen LogP contribution in [-0.4, -0.2) is 50.5 Å². The first kappa shape index (κ1) is 29.4. The van der Waals surface area contributed by atoms with E-state index in [2.05, 4.69) is 12.2 Å². The molecule has 2 aromatic carbocycles. The van der Waals surface area contributed by atoms with Gasteiger partial charge in [0.1, 0.15) is 6.04 Å². The molecule has 0 fully saturated rings. The first-order valence-electron chi connectivity index (χ1n) is 12.6. The number of hydrogen-bond acceptors (Lipinski definition) is 4. The second-order valence-electron chi connectivity index (χ2n) is 9.43. The third-order valence-corrected chi connectivity index (χ3v) is 7.78. The highest BCUT2D eigenvalue weighted by Crippen LogP contribution is 2.25. The summed E-state index contributed by atoms with van der Waals surface area (Å²) < 4.78 is 26.5. The Kier molecular flexibility index (Phi) is 11.0. The maximum Gasteiger partial charge on any atom is 0.242 e. The molecule has 0 aliphatic heterocycles. The van der Waals surface area contributed by atoms with Crippen LogP contribution in [0.1, 0.15) is 61.8 Å². The van der Waals surface area contributed by atoms with Gasteiger partial charge in [0, 0.05) is 26.1 Å². The van der Waals surface area contributed by atoms with Gasteiger partial charge in [0.05, 0.1) is 11.9 Å². The van der Waals surface area contributed by atoms with E-state index in [9.17, 15) is 18.0 Å². The highest BCUT2D eigenvalue weighted by atomic mass is 32.2. The fraction of sp³-hybridized carbons (Fsp3) is 0.500. The number of carbonyl (C=O) groups excluding carboxylic acids is 2. The molecule has 1 atom stereocenters. The van der Waals surface area contributed by atoms with Crippen LogP contribution in [0.15, 0.2) is 42.5 Å². The summed E-state index contributed by atoms with van der Waals surface area (Å²) in [6.45, 7) is 10.7. The molecule has 0 saturated carbocycles. The van der Waals surface area contributed by atoms with Crippen LogP contribution in [0.25, 0.3) is 0 Å². The Morgan fingerprint density at radius 2 is 1.64 bits per heavy atom. The Labute approximate surface area is 216 Å². The van der Waals surface area contributed by atoms with Crippen LogP contribution >= 0.6 is 0 Å². The molecular weight excluding hydrogens is 474 g/mol. The molecule has 2 aromatic rings. The quantitative estimate of drug-likeness (QED) is 0.398. The van der Waals surface area contributed by atoms with E-state index in [1.165, 1.54) is 10.6 Å². The number of nitrogens with one attached hydrogen (secondary N) is 1. The lowest BCUT2D eigenvalue weighted by atomic mass is 10.1. The fourth-order valence-corrected chi connectivity index (χ4v) is 5.09. The van der Waals surface area contributed by atoms with Gasteiger partial charge in [0.25, 0.3) is 0 Å². The van der Waals surface area contributed by atoms with E-state index in [0.29, 0.717) is 25.2 Å². The lowest BCUT2D eigenvalue weighted by molar-refractivity contribution is -0.140. The lowest BCUT2D eigenvalue weighted by Crippen LogP contribution is -2.48. The SMILES string of the molecule is CCCCNC(=O)[C@H](C)N(Cc1ccccc1C)C(=O)CCCN(c1cccc(C)c1C)S(C)(=O)=O. The Morgan fingerprint density at radius 1 is 0.972 bits per heavy atom. The minimum atomic E-state index is -3.53. The maximum absolute atomic E-state index is 13.4. The highest BCUT2D eigenvalue weighted by Gasteiger charge is 2.27. The molecule has 2 amide bonds. The van der Waals surface area contributed by atoms with Crippen molar-refractivity contribution < 1.29 is 18.0 Å². The standard InChI is InChI=1S/C28H41N3O4S/c1-7-8-18-29-28(33)24(5)30(20-25-15-10-9-13-22(25)3)27(32)17-12-19-31(36(6,34)35)26-16-11-14-21(2)23(26)4/h9-11,13-16,24H,7-8,12,17-20H2,1-6H3,(H,29,33)/t24-/m0/s1. The van der Waals surface area contributed by atoms with Gasteiger partial charge in [0.15, 0.2) is 0 Å². The monoisotopic (exact) mass is 515 g/mol. The van der Waals surface area contributed by atoms with Crippen molar-refractivity contribution in [1.82, 2.24) is 10.2 Å². The zero-order chi connectivity index (χ0) is 26.9. The molecule has 0 radical (unpaired) electrons. The number of aryl methyl sites for hydroxylation is 2. The zero-order valence-electron chi connectivity index (χ0n) is 22.5. The van der Waals surface area contributed by atoms with Gasteiger partial charge in [-0.25, -0.2) is 8.42 Å². The Hall–Kier alpha value is -2.87. The number of benzene rings is 2. The number of hydrogen-bond donors (Lipinski definition) is 1. The molecule has 0 spiro atoms. The van der Waals surface area contributed by atoms with Crippen molar-refractivity contribution in [3.05, 3.63) is 64.7 Å². The van der Waals surface area contributed by atoms with E-state index in [4.69, 9.17) is 0 Å². The fourth-order valence-electron chi connectivity index (χ4n) is 4.08. The van der Waals surface area contributed by atoms with Crippen molar-refractivity contribution in [2.45, 2.75) is 72.9 Å². The molecule has 36 heavy (non-hydrogen) atoms. The van der Waals surface area contributed by atoms with Gasteiger partial charge < -0.3 is 10.2 Å². The largest absolute Gasteiger partial charge is 0.354 e. The zero-order valence-corrected chi connectivity index (χ0v) is 23.3. The Balaban J connectivity index is 2.19. The topological polar surface area (TPSA) is 86.8 Å². The van der Waals surface area contributed by atoms with Crippen molar-refractivity contribution in [1.29, 1.82) is 0 Å². The maximum atomic E-state index is 13.4. The molecule has 8 heteroatoms. The molecule has 0 unspecified atom stereocenters. The summed E-state index contributed by atoms with van der Waals surface area (Å²) in [5.41, 5.74) is 4.56. The predicted molar refractivity (Wildman–Crippen MR) is 146 cm³/mol. The van der Waals surface area contributed by atoms with E-state index >= 15 is 0 Å². The van der Waals surface area contributed by atoms with Crippen LogP contribution in [-0.2, 0) is 26.2 Å². The number of unbranched alkanes of at least 4 members (excludes halogenated alkanes) is 1. The van der Waals surface area contributed by atoms with Crippen LogP contribution in [0.2, 0.25) is 0 Å². The van der Waals surface area contributed by atoms with Crippen LogP contribution in [0.5, 0.6) is 0 Å². The number of amides is 2. The molecule has 2 rings (SSSR count). The lowest BCUT2D eigenvalue weighted by Gasteiger charge is -2.30. The van der Waals surface area contributed by atoms with Gasteiger partial charge in [-0.05, 0) is 68.9 Å². The molecule has 7 nitrogen and oxygen atoms in total. The number of sulfonamides is 1. The molecular formula is C28H41N3O4S. The molecule has 198 valence electrons. The Morgan fingerprint density at radius 3 is 2.28 bits per heavy atom. The van der Waals surface area contributed by atoms with Crippen LogP contribution in [0.4, 0.5) is 5.69 Å². The smallest absolute Gasteiger partial charge is 0.242 e. The van der Waals surface area contributed by atoms with Crippen molar-refractivity contribution in [2.75, 3.05) is 23.7 Å². The van der Waals surface area contributed by atoms with E-state index < -0.39 is 16.1 Å². The number of carbonyl (C=O) groups is 2. The summed E-state index contributed by atoms with van der Waals surface area (Å²) in [6, 6.07) is 12.7. The number of nitrogens with zero attached hydrogens (tertiary/aromatic N) is 2. The molecule has 0 aromatic heterocycles. The van der Waals surface area contributed by atoms with Crippen molar-refractivity contribution in [3.8, 4) is 0 Å². The normalized spacial score (nSPS) is 12.2. The molecule has 0 saturated heterocycles. The van der Waals surface area contributed by atoms with E-state index in [0.717, 1.165) is 35.1 Å². The first-order valence-corrected chi connectivity index (χ1v) is 14.5. The third-order valence-electron chi connectivity index (χ3n) is 6.60. The second-order valence-corrected chi connectivity index (χ2v) is 11.3. The number of rotatable bonds is 13. The molecule has 0 aliphatic carbocycles. The third kappa shape index (κ3) is 8.08. The van der Waals surface area contributed by atoms with Gasteiger partial charge in [-0.15, -0.1) is 0 Å². The highest BCUT2D eigenvalue weighted by molar-refractivity contribution is 7.92. The van der Waals surface area contributed by atoms with Crippen LogP contribution in [0.3, 0.4) is 0 Å². The second kappa shape index (κ2) is 13.4. The van der Waals surface area contributed by atoms with Gasteiger partial charge in [-0.1, -0.05) is 49.7 Å². The van der Waals surface area contributed by atoms with Gasteiger partial charge >= 0.3 is 0 Å². The molecule has 0 heterocycles. The summed E-state index contributed by atoms with van der Waals surface area (Å²) in [4.78, 5) is 27.8. The van der Waals surface area contributed by atoms with E-state index in [1.807, 2.05) is 57.2 Å². The summed E-state index contributed by atoms with van der Waals surface area (Å²) in [7, 11) is -3.53. The average molecular weight is 516 g/mol. The number of anilines is 1. The Bertz CT molecular complexity index is 1150. The van der Waals surface area contributed by atoms with Gasteiger partial charge in [-0.3, -0.25) is 13.9 Å². The summed E-state index contributed by atoms with van der Waals surface area (Å²) in [5, 5.41) is 2.93. The first-order chi connectivity index (χ1) is 17.0. The van der Waals surface area contributed by atoms with Crippen molar-refractivity contribution in [2.24, 2.45) is 0 Å². The van der Waals surface area contributed by atoms with E-state index in [-0.39, 0.29) is 24.8 Å².